The molecule has 0 aliphatic heterocycles. The second-order valence-electron chi connectivity index (χ2n) is 6.14. The summed E-state index contributed by atoms with van der Waals surface area (Å²) in [5.41, 5.74) is -0.0450. The summed E-state index contributed by atoms with van der Waals surface area (Å²) in [6.45, 7) is 1.18. The van der Waals surface area contributed by atoms with Gasteiger partial charge in [0.05, 0.1) is 12.8 Å². The van der Waals surface area contributed by atoms with Gasteiger partial charge in [-0.05, 0) is 25.1 Å². The Labute approximate surface area is 181 Å². The second kappa shape index (κ2) is 9.69. The zero-order valence-electron chi connectivity index (χ0n) is 16.9. The Kier molecular flexibility index (Phi) is 6.58. The predicted octanol–water partition coefficient (Wildman–Crippen LogP) is 2.09. The molecule has 0 saturated carbocycles. The smallest absolute Gasteiger partial charge is 0.258 e. The van der Waals surface area contributed by atoms with Crippen LogP contribution in [-0.2, 0) is 9.59 Å². The summed E-state index contributed by atoms with van der Waals surface area (Å²) in [5, 5.41) is 29.0. The average molecular weight is 429 g/mol. The fourth-order valence-corrected chi connectivity index (χ4v) is 2.63. The molecule has 3 aromatic rings. The van der Waals surface area contributed by atoms with Crippen molar-refractivity contribution in [2.45, 2.75) is 13.0 Å². The Morgan fingerprint density at radius 1 is 1.16 bits per heavy atom. The van der Waals surface area contributed by atoms with Crippen LogP contribution in [0.4, 0.5) is 11.6 Å². The molecule has 1 atom stereocenters. The molecule has 0 aliphatic rings. The molecule has 158 valence electrons. The van der Waals surface area contributed by atoms with Crippen molar-refractivity contribution in [3.63, 3.8) is 0 Å². The number of methoxy groups -OCH3 is 1. The van der Waals surface area contributed by atoms with Crippen molar-refractivity contribution in [1.29, 1.82) is 10.5 Å². The van der Waals surface area contributed by atoms with E-state index in [9.17, 15) is 20.1 Å². The van der Waals surface area contributed by atoms with Gasteiger partial charge >= 0.3 is 0 Å². The molecule has 1 aromatic carbocycles. The number of ketones is 1. The number of anilines is 1. The van der Waals surface area contributed by atoms with Crippen molar-refractivity contribution in [1.82, 2.24) is 19.5 Å². The number of azo groups is 1. The van der Waals surface area contributed by atoms with E-state index >= 15 is 0 Å². The third kappa shape index (κ3) is 4.44. The van der Waals surface area contributed by atoms with Crippen molar-refractivity contribution in [2.75, 3.05) is 12.4 Å². The first kappa shape index (κ1) is 21.7. The zero-order valence-corrected chi connectivity index (χ0v) is 16.9. The maximum Gasteiger partial charge on any atom is 0.258 e. The molecule has 12 nitrogen and oxygen atoms in total. The van der Waals surface area contributed by atoms with E-state index in [2.05, 4.69) is 30.5 Å². The minimum absolute atomic E-state index is 0.0184. The summed E-state index contributed by atoms with van der Waals surface area (Å²) in [7, 11) is 1.44. The standard InChI is InChI=1S/C20H15N9O3/c1-12(30)17(18(31)25-13-6-3-4-7-16(13)32-2)27-28-20-26-14(10-21)15(11-22)29(20)19-23-8-5-9-24-19/h3-9,17H,1-2H3,(H,25,31). The van der Waals surface area contributed by atoms with Crippen LogP contribution in [0.2, 0.25) is 0 Å². The highest BCUT2D eigenvalue weighted by Gasteiger charge is 2.26. The molecule has 0 saturated heterocycles. The lowest BCUT2D eigenvalue weighted by molar-refractivity contribution is -0.126. The molecule has 0 radical (unpaired) electrons. The first-order valence-electron chi connectivity index (χ1n) is 9.05. The number of amides is 1. The molecule has 0 aliphatic carbocycles. The molecular formula is C20H15N9O3. The van der Waals surface area contributed by atoms with Gasteiger partial charge in [-0.3, -0.25) is 9.59 Å². The molecule has 2 aromatic heterocycles. The SMILES string of the molecule is COc1ccccc1NC(=O)C(N=Nc1nc(C#N)c(C#N)n1-c1ncccn1)C(C)=O. The largest absolute Gasteiger partial charge is 0.495 e. The van der Waals surface area contributed by atoms with Crippen LogP contribution in [0.25, 0.3) is 5.95 Å². The van der Waals surface area contributed by atoms with Gasteiger partial charge in [0.2, 0.25) is 12.0 Å². The third-order valence-electron chi connectivity index (χ3n) is 4.08. The lowest BCUT2D eigenvalue weighted by atomic mass is 10.2. The van der Waals surface area contributed by atoms with Gasteiger partial charge in [-0.1, -0.05) is 12.1 Å². The van der Waals surface area contributed by atoms with Gasteiger partial charge in [0.25, 0.3) is 11.9 Å². The Hall–Kier alpha value is -4.97. The quantitative estimate of drug-likeness (QED) is 0.439. The van der Waals surface area contributed by atoms with Gasteiger partial charge in [0, 0.05) is 12.4 Å². The van der Waals surface area contributed by atoms with Crippen LogP contribution in [0.15, 0.2) is 53.0 Å². The predicted molar refractivity (Wildman–Crippen MR) is 109 cm³/mol. The summed E-state index contributed by atoms with van der Waals surface area (Å²) < 4.78 is 6.29. The van der Waals surface area contributed by atoms with Gasteiger partial charge in [-0.25, -0.2) is 14.5 Å². The van der Waals surface area contributed by atoms with Crippen LogP contribution < -0.4 is 10.1 Å². The first-order valence-corrected chi connectivity index (χ1v) is 9.05. The normalized spacial score (nSPS) is 11.4. The number of carbonyl (C=O) groups is 2. The summed E-state index contributed by atoms with van der Waals surface area (Å²) in [4.78, 5) is 36.8. The van der Waals surface area contributed by atoms with Crippen LogP contribution >= 0.6 is 0 Å². The zero-order chi connectivity index (χ0) is 23.1. The Bertz CT molecular complexity index is 1270. The highest BCUT2D eigenvalue weighted by atomic mass is 16.5. The molecule has 2 heterocycles. The van der Waals surface area contributed by atoms with Gasteiger partial charge < -0.3 is 10.1 Å². The molecule has 3 rings (SSSR count). The Morgan fingerprint density at radius 3 is 2.50 bits per heavy atom. The highest BCUT2D eigenvalue weighted by Crippen LogP contribution is 2.24. The monoisotopic (exact) mass is 429 g/mol. The van der Waals surface area contributed by atoms with E-state index < -0.39 is 17.7 Å². The molecule has 32 heavy (non-hydrogen) atoms. The van der Waals surface area contributed by atoms with E-state index in [1.54, 1.807) is 36.4 Å². The van der Waals surface area contributed by atoms with E-state index in [1.165, 1.54) is 26.4 Å². The minimum Gasteiger partial charge on any atom is -0.495 e. The number of Topliss-reactive ketones (excluding diaryl/α,β-unsaturated/α-hetero) is 1. The van der Waals surface area contributed by atoms with Crippen molar-refractivity contribution < 1.29 is 14.3 Å². The average Bonchev–Trinajstić information content (AvgIpc) is 3.17. The minimum atomic E-state index is -1.52. The van der Waals surface area contributed by atoms with E-state index in [4.69, 9.17) is 4.74 Å². The van der Waals surface area contributed by atoms with Crippen molar-refractivity contribution >= 4 is 23.3 Å². The number of benzene rings is 1. The van der Waals surface area contributed by atoms with E-state index in [1.807, 2.05) is 6.07 Å². The summed E-state index contributed by atoms with van der Waals surface area (Å²) in [6, 6.07) is 10.3. The van der Waals surface area contributed by atoms with Crippen molar-refractivity contribution in [2.24, 2.45) is 10.2 Å². The van der Waals surface area contributed by atoms with Crippen molar-refractivity contribution in [3.8, 4) is 23.8 Å². The van der Waals surface area contributed by atoms with E-state index in [-0.39, 0.29) is 23.3 Å². The van der Waals surface area contributed by atoms with Gasteiger partial charge in [-0.15, -0.1) is 5.11 Å². The molecule has 1 N–H and O–H groups in total. The molecule has 0 fully saturated rings. The molecule has 1 unspecified atom stereocenters. The van der Waals surface area contributed by atoms with Gasteiger partial charge in [0.1, 0.15) is 17.9 Å². The lowest BCUT2D eigenvalue weighted by Gasteiger charge is -2.12. The number of hydrogen-bond acceptors (Lipinski definition) is 10. The van der Waals surface area contributed by atoms with E-state index in [0.717, 1.165) is 4.57 Å². The summed E-state index contributed by atoms with van der Waals surface area (Å²) >= 11 is 0. The number of hydrogen-bond donors (Lipinski definition) is 1. The molecular weight excluding hydrogens is 414 g/mol. The van der Waals surface area contributed by atoms with Crippen molar-refractivity contribution in [3.05, 3.63) is 54.1 Å². The van der Waals surface area contributed by atoms with Crippen LogP contribution in [0, 0.1) is 22.7 Å². The van der Waals surface area contributed by atoms with Crippen LogP contribution in [0.5, 0.6) is 5.75 Å². The fraction of sp³-hybridized carbons (Fsp3) is 0.150. The van der Waals surface area contributed by atoms with Gasteiger partial charge in [0.15, 0.2) is 17.2 Å². The molecule has 1 amide bonds. The lowest BCUT2D eigenvalue weighted by Crippen LogP contribution is -2.32. The highest BCUT2D eigenvalue weighted by molar-refractivity contribution is 6.10. The topological polar surface area (TPSA) is 171 Å². The maximum absolute atomic E-state index is 12.7. The number of rotatable bonds is 7. The Morgan fingerprint density at radius 2 is 1.88 bits per heavy atom. The summed E-state index contributed by atoms with van der Waals surface area (Å²) in [5.74, 6) is -1.16. The number of aromatic nitrogens is 4. The maximum atomic E-state index is 12.7. The molecule has 0 spiro atoms. The fourth-order valence-electron chi connectivity index (χ4n) is 2.63. The van der Waals surface area contributed by atoms with Gasteiger partial charge in [-0.2, -0.15) is 20.6 Å². The first-order chi connectivity index (χ1) is 15.5. The molecule has 12 heteroatoms. The number of nitrogens with zero attached hydrogens (tertiary/aromatic N) is 8. The molecule has 0 bridgehead atoms. The second-order valence-corrected chi connectivity index (χ2v) is 6.14. The number of para-hydroxylation sites is 2. The number of imidazole rings is 1. The summed E-state index contributed by atoms with van der Waals surface area (Å²) in [6.07, 6.45) is 2.85. The van der Waals surface area contributed by atoms with E-state index in [0.29, 0.717) is 11.4 Å². The Balaban J connectivity index is 1.98. The van der Waals surface area contributed by atoms with Crippen LogP contribution in [-0.4, -0.2) is 44.4 Å². The van der Waals surface area contributed by atoms with Crippen LogP contribution in [0.1, 0.15) is 18.3 Å². The third-order valence-corrected chi connectivity index (χ3v) is 4.08. The number of carbonyl (C=O) groups excluding carboxylic acids is 2. The number of ether oxygens (including phenoxy) is 1. The van der Waals surface area contributed by atoms with Crippen LogP contribution in [0.3, 0.4) is 0 Å². The number of nitrogens with one attached hydrogen (secondary N) is 1. The number of nitriles is 2.